The van der Waals surface area contributed by atoms with Crippen LogP contribution in [-0.4, -0.2) is 12.1 Å². The summed E-state index contributed by atoms with van der Waals surface area (Å²) in [6.45, 7) is 3.72. The Morgan fingerprint density at radius 3 is 2.36 bits per heavy atom. The number of carbonyl (C=O) groups excluding carboxylic acids is 2. The summed E-state index contributed by atoms with van der Waals surface area (Å²) in [5, 5.41) is 0. The summed E-state index contributed by atoms with van der Waals surface area (Å²) in [6, 6.07) is 9.41. The fraction of sp³-hybridized carbons (Fsp3) is 0.333. The molecule has 0 amide bonds. The molecule has 0 fully saturated rings. The minimum absolute atomic E-state index is 0.355. The average molecular weight is 190 g/mol. The van der Waals surface area contributed by atoms with Crippen molar-refractivity contribution in [3.63, 3.8) is 0 Å². The van der Waals surface area contributed by atoms with Crippen molar-refractivity contribution in [1.82, 2.24) is 0 Å². The Balaban J connectivity index is 3.14. The number of ketones is 1. The van der Waals surface area contributed by atoms with Crippen LogP contribution in [0.5, 0.6) is 0 Å². The summed E-state index contributed by atoms with van der Waals surface area (Å²) < 4.78 is 0. The molecule has 0 aliphatic heterocycles. The number of benzene rings is 1. The standard InChI is InChI=1S/C12H14O2/c1-3-12(2,11(14)9-13)10-7-5-4-6-8-10/h4-9H,3H2,1-2H3. The van der Waals surface area contributed by atoms with Crippen molar-refractivity contribution in [1.29, 1.82) is 0 Å². The first-order valence-electron chi connectivity index (χ1n) is 4.70. The Labute approximate surface area is 83.9 Å². The summed E-state index contributed by atoms with van der Waals surface area (Å²) in [5.74, 6) is -0.355. The van der Waals surface area contributed by atoms with Crippen molar-refractivity contribution >= 4 is 12.1 Å². The number of Topliss-reactive ketones (excluding diaryl/α,β-unsaturated/α-hetero) is 1. The molecule has 0 N–H and O–H groups in total. The molecule has 0 heterocycles. The first-order valence-corrected chi connectivity index (χ1v) is 4.70. The van der Waals surface area contributed by atoms with Crippen LogP contribution in [0.2, 0.25) is 0 Å². The highest BCUT2D eigenvalue weighted by atomic mass is 16.2. The second-order valence-electron chi connectivity index (χ2n) is 3.53. The topological polar surface area (TPSA) is 34.1 Å². The molecular weight excluding hydrogens is 176 g/mol. The maximum Gasteiger partial charge on any atom is 0.205 e. The largest absolute Gasteiger partial charge is 0.295 e. The Hall–Kier alpha value is -1.44. The van der Waals surface area contributed by atoms with E-state index in [2.05, 4.69) is 0 Å². The van der Waals surface area contributed by atoms with Crippen LogP contribution in [-0.2, 0) is 15.0 Å². The number of rotatable bonds is 4. The van der Waals surface area contributed by atoms with Crippen molar-refractivity contribution in [2.45, 2.75) is 25.7 Å². The molecule has 0 aliphatic rings. The van der Waals surface area contributed by atoms with Gasteiger partial charge in [0.15, 0.2) is 6.29 Å². The van der Waals surface area contributed by atoms with Gasteiger partial charge in [0.1, 0.15) is 0 Å². The van der Waals surface area contributed by atoms with E-state index < -0.39 is 5.41 Å². The van der Waals surface area contributed by atoms with E-state index in [1.807, 2.05) is 37.3 Å². The van der Waals surface area contributed by atoms with Gasteiger partial charge in [-0.1, -0.05) is 37.3 Å². The van der Waals surface area contributed by atoms with Crippen LogP contribution in [0.15, 0.2) is 30.3 Å². The molecule has 0 saturated carbocycles. The molecular formula is C12H14O2. The maximum atomic E-state index is 11.5. The molecule has 1 rings (SSSR count). The molecule has 1 aromatic carbocycles. The lowest BCUT2D eigenvalue weighted by Gasteiger charge is -2.24. The molecule has 0 bridgehead atoms. The van der Waals surface area contributed by atoms with E-state index in [1.165, 1.54) is 0 Å². The highest BCUT2D eigenvalue weighted by molar-refractivity contribution is 6.29. The highest BCUT2D eigenvalue weighted by Crippen LogP contribution is 2.27. The molecule has 0 radical (unpaired) electrons. The zero-order valence-electron chi connectivity index (χ0n) is 8.49. The third kappa shape index (κ3) is 1.74. The van der Waals surface area contributed by atoms with E-state index in [9.17, 15) is 9.59 Å². The molecule has 0 aromatic heterocycles. The highest BCUT2D eigenvalue weighted by Gasteiger charge is 2.32. The SMILES string of the molecule is CCC(C)(C(=O)C=O)c1ccccc1. The molecule has 0 spiro atoms. The van der Waals surface area contributed by atoms with Crippen molar-refractivity contribution in [3.05, 3.63) is 35.9 Å². The summed E-state index contributed by atoms with van der Waals surface area (Å²) in [6.07, 6.45) is 1.05. The normalized spacial score (nSPS) is 14.4. The molecule has 0 saturated heterocycles. The molecule has 1 unspecified atom stereocenters. The van der Waals surface area contributed by atoms with Gasteiger partial charge >= 0.3 is 0 Å². The Morgan fingerprint density at radius 1 is 1.36 bits per heavy atom. The lowest BCUT2D eigenvalue weighted by Crippen LogP contribution is -2.32. The lowest BCUT2D eigenvalue weighted by atomic mass is 9.77. The van der Waals surface area contributed by atoms with Crippen molar-refractivity contribution in [2.75, 3.05) is 0 Å². The van der Waals surface area contributed by atoms with Gasteiger partial charge in [-0.2, -0.15) is 0 Å². The third-order valence-electron chi connectivity index (χ3n) is 2.77. The van der Waals surface area contributed by atoms with E-state index in [1.54, 1.807) is 6.92 Å². The number of aldehydes is 1. The summed E-state index contributed by atoms with van der Waals surface area (Å²) in [4.78, 5) is 22.0. The minimum Gasteiger partial charge on any atom is -0.295 e. The fourth-order valence-corrected chi connectivity index (χ4v) is 1.46. The van der Waals surface area contributed by atoms with E-state index in [4.69, 9.17) is 0 Å². The van der Waals surface area contributed by atoms with E-state index >= 15 is 0 Å². The lowest BCUT2D eigenvalue weighted by molar-refractivity contribution is -0.133. The molecule has 14 heavy (non-hydrogen) atoms. The van der Waals surface area contributed by atoms with Gasteiger partial charge in [-0.05, 0) is 18.9 Å². The summed E-state index contributed by atoms with van der Waals surface area (Å²) in [5.41, 5.74) is 0.239. The maximum absolute atomic E-state index is 11.5. The molecule has 0 aliphatic carbocycles. The van der Waals surface area contributed by atoms with Gasteiger partial charge in [-0.3, -0.25) is 9.59 Å². The van der Waals surface area contributed by atoms with Crippen LogP contribution in [0.3, 0.4) is 0 Å². The summed E-state index contributed by atoms with van der Waals surface area (Å²) >= 11 is 0. The Bertz CT molecular complexity index is 329. The zero-order chi connectivity index (χ0) is 10.6. The van der Waals surface area contributed by atoms with Gasteiger partial charge in [0, 0.05) is 0 Å². The fourth-order valence-electron chi connectivity index (χ4n) is 1.46. The number of hydrogen-bond donors (Lipinski definition) is 0. The van der Waals surface area contributed by atoms with Gasteiger partial charge in [0.25, 0.3) is 0 Å². The average Bonchev–Trinajstić information content (AvgIpc) is 2.28. The number of carbonyl (C=O) groups is 2. The first kappa shape index (κ1) is 10.6. The first-order chi connectivity index (χ1) is 6.65. The third-order valence-corrected chi connectivity index (χ3v) is 2.77. The van der Waals surface area contributed by atoms with Crippen LogP contribution >= 0.6 is 0 Å². The van der Waals surface area contributed by atoms with Gasteiger partial charge in [0.05, 0.1) is 5.41 Å². The second-order valence-corrected chi connectivity index (χ2v) is 3.53. The van der Waals surface area contributed by atoms with Crippen LogP contribution < -0.4 is 0 Å². The predicted molar refractivity (Wildman–Crippen MR) is 55.2 cm³/mol. The van der Waals surface area contributed by atoms with Crippen molar-refractivity contribution in [2.24, 2.45) is 0 Å². The zero-order valence-corrected chi connectivity index (χ0v) is 8.49. The Kier molecular flexibility index (Phi) is 3.18. The van der Waals surface area contributed by atoms with Gasteiger partial charge in [-0.15, -0.1) is 0 Å². The van der Waals surface area contributed by atoms with Gasteiger partial charge in [0.2, 0.25) is 5.78 Å². The van der Waals surface area contributed by atoms with E-state index in [0.29, 0.717) is 12.7 Å². The quantitative estimate of drug-likeness (QED) is 0.538. The monoisotopic (exact) mass is 190 g/mol. The predicted octanol–water partition coefficient (Wildman–Crippen LogP) is 2.12. The minimum atomic E-state index is -0.664. The molecule has 2 heteroatoms. The van der Waals surface area contributed by atoms with Crippen molar-refractivity contribution in [3.8, 4) is 0 Å². The van der Waals surface area contributed by atoms with Crippen LogP contribution in [0.25, 0.3) is 0 Å². The van der Waals surface area contributed by atoms with E-state index in [0.717, 1.165) is 5.56 Å². The molecule has 1 aromatic rings. The molecule has 1 atom stereocenters. The van der Waals surface area contributed by atoms with Crippen LogP contribution in [0.4, 0.5) is 0 Å². The van der Waals surface area contributed by atoms with Crippen LogP contribution in [0, 0.1) is 0 Å². The van der Waals surface area contributed by atoms with Crippen LogP contribution in [0.1, 0.15) is 25.8 Å². The number of hydrogen-bond acceptors (Lipinski definition) is 2. The summed E-state index contributed by atoms with van der Waals surface area (Å²) in [7, 11) is 0. The van der Waals surface area contributed by atoms with Crippen molar-refractivity contribution < 1.29 is 9.59 Å². The van der Waals surface area contributed by atoms with E-state index in [-0.39, 0.29) is 5.78 Å². The molecule has 74 valence electrons. The second kappa shape index (κ2) is 4.18. The van der Waals surface area contributed by atoms with Gasteiger partial charge < -0.3 is 0 Å². The smallest absolute Gasteiger partial charge is 0.205 e. The van der Waals surface area contributed by atoms with Gasteiger partial charge in [-0.25, -0.2) is 0 Å². The Morgan fingerprint density at radius 2 is 1.93 bits per heavy atom. The molecule has 2 nitrogen and oxygen atoms in total.